The fraction of sp³-hybridized carbons (Fsp3) is 0.600. The fourth-order valence-electron chi connectivity index (χ4n) is 3.44. The Morgan fingerprint density at radius 2 is 1.83 bits per heavy atom. The number of hydrogen-bond donors (Lipinski definition) is 4. The van der Waals surface area contributed by atoms with Crippen molar-refractivity contribution < 1.29 is 4.79 Å². The quantitative estimate of drug-likeness (QED) is 0.191. The van der Waals surface area contributed by atoms with Crippen LogP contribution in [0, 0.1) is 0 Å². The van der Waals surface area contributed by atoms with Gasteiger partial charge in [0.05, 0.1) is 5.54 Å². The molecule has 10 heteroatoms. The van der Waals surface area contributed by atoms with E-state index in [-0.39, 0.29) is 5.91 Å². The Balaban J connectivity index is 2.15. The SMILES string of the molecule is CCCC(C)NCCNc1nc(SCc2ccc(Cl)cc2)nc(C(C)(CC)NCCNC(C)=O)n1. The molecule has 0 saturated heterocycles. The van der Waals surface area contributed by atoms with Gasteiger partial charge in [-0.3, -0.25) is 4.79 Å². The summed E-state index contributed by atoms with van der Waals surface area (Å²) in [5.74, 6) is 1.95. The van der Waals surface area contributed by atoms with E-state index in [1.54, 1.807) is 11.8 Å². The Morgan fingerprint density at radius 1 is 1.09 bits per heavy atom. The van der Waals surface area contributed by atoms with Gasteiger partial charge in [-0.1, -0.05) is 55.8 Å². The second kappa shape index (κ2) is 15.2. The molecule has 0 radical (unpaired) electrons. The highest BCUT2D eigenvalue weighted by Crippen LogP contribution is 2.26. The number of aromatic nitrogens is 3. The minimum absolute atomic E-state index is 0.0422. The molecule has 0 aliphatic heterocycles. The Morgan fingerprint density at radius 3 is 2.49 bits per heavy atom. The third-order valence-electron chi connectivity index (χ3n) is 5.73. The molecule has 0 spiro atoms. The zero-order valence-corrected chi connectivity index (χ0v) is 23.2. The average molecular weight is 522 g/mol. The molecule has 2 atom stereocenters. The monoisotopic (exact) mass is 521 g/mol. The van der Waals surface area contributed by atoms with Crippen LogP contribution in [0.1, 0.15) is 65.3 Å². The third-order valence-corrected chi connectivity index (χ3v) is 6.90. The first kappa shape index (κ1) is 29.3. The van der Waals surface area contributed by atoms with Crippen LogP contribution in [0.25, 0.3) is 0 Å². The van der Waals surface area contributed by atoms with Crippen LogP contribution >= 0.6 is 23.4 Å². The van der Waals surface area contributed by atoms with Gasteiger partial charge in [-0.25, -0.2) is 4.98 Å². The molecule has 35 heavy (non-hydrogen) atoms. The molecule has 0 fully saturated rings. The summed E-state index contributed by atoms with van der Waals surface area (Å²) in [7, 11) is 0. The molecule has 0 aliphatic carbocycles. The molecule has 4 N–H and O–H groups in total. The zero-order chi connectivity index (χ0) is 25.7. The summed E-state index contributed by atoms with van der Waals surface area (Å²) < 4.78 is 0. The van der Waals surface area contributed by atoms with E-state index in [0.29, 0.717) is 36.1 Å². The van der Waals surface area contributed by atoms with Crippen LogP contribution in [0.2, 0.25) is 5.02 Å². The fourth-order valence-corrected chi connectivity index (χ4v) is 4.36. The second-order valence-electron chi connectivity index (χ2n) is 8.85. The minimum atomic E-state index is -0.457. The smallest absolute Gasteiger partial charge is 0.227 e. The van der Waals surface area contributed by atoms with E-state index in [1.807, 2.05) is 24.3 Å². The van der Waals surface area contributed by atoms with Crippen molar-refractivity contribution in [1.29, 1.82) is 0 Å². The lowest BCUT2D eigenvalue weighted by Crippen LogP contribution is -2.44. The highest BCUT2D eigenvalue weighted by molar-refractivity contribution is 7.98. The maximum absolute atomic E-state index is 11.2. The molecule has 0 saturated carbocycles. The van der Waals surface area contributed by atoms with Crippen LogP contribution in [0.15, 0.2) is 29.4 Å². The number of carbonyl (C=O) groups is 1. The van der Waals surface area contributed by atoms with Gasteiger partial charge in [-0.15, -0.1) is 0 Å². The van der Waals surface area contributed by atoms with Gasteiger partial charge in [-0.05, 0) is 44.4 Å². The van der Waals surface area contributed by atoms with Crippen molar-refractivity contribution in [3.8, 4) is 0 Å². The number of halogens is 1. The number of carbonyl (C=O) groups excluding carboxylic acids is 1. The van der Waals surface area contributed by atoms with E-state index in [2.05, 4.69) is 53.9 Å². The molecule has 0 bridgehead atoms. The predicted molar refractivity (Wildman–Crippen MR) is 146 cm³/mol. The number of nitrogens with one attached hydrogen (secondary N) is 4. The molecule has 194 valence electrons. The Hall–Kier alpha value is -1.94. The highest BCUT2D eigenvalue weighted by atomic mass is 35.5. The largest absolute Gasteiger partial charge is 0.355 e. The first-order valence-electron chi connectivity index (χ1n) is 12.4. The topological polar surface area (TPSA) is 104 Å². The summed E-state index contributed by atoms with van der Waals surface area (Å²) in [6.07, 6.45) is 3.10. The van der Waals surface area contributed by atoms with Crippen molar-refractivity contribution in [3.05, 3.63) is 40.7 Å². The van der Waals surface area contributed by atoms with E-state index in [1.165, 1.54) is 6.92 Å². The molecule has 1 aromatic carbocycles. The van der Waals surface area contributed by atoms with Crippen molar-refractivity contribution in [2.75, 3.05) is 31.5 Å². The van der Waals surface area contributed by atoms with Gasteiger partial charge in [0.1, 0.15) is 0 Å². The molecular weight excluding hydrogens is 482 g/mol. The number of amides is 1. The van der Waals surface area contributed by atoms with Crippen molar-refractivity contribution >= 4 is 35.2 Å². The number of anilines is 1. The van der Waals surface area contributed by atoms with Gasteiger partial charge in [0, 0.05) is 49.9 Å². The predicted octanol–water partition coefficient (Wildman–Crippen LogP) is 4.36. The third kappa shape index (κ3) is 10.7. The van der Waals surface area contributed by atoms with Gasteiger partial charge in [0.15, 0.2) is 11.0 Å². The van der Waals surface area contributed by atoms with E-state index in [0.717, 1.165) is 48.7 Å². The normalized spacial score (nSPS) is 13.8. The van der Waals surface area contributed by atoms with Crippen molar-refractivity contribution in [3.63, 3.8) is 0 Å². The summed E-state index contributed by atoms with van der Waals surface area (Å²) in [5.41, 5.74) is 0.693. The Labute approximate surface area is 219 Å². The molecular formula is C25H40ClN7OS. The molecule has 1 aromatic heterocycles. The van der Waals surface area contributed by atoms with Crippen LogP contribution in [0.5, 0.6) is 0 Å². The molecule has 2 unspecified atom stereocenters. The van der Waals surface area contributed by atoms with Crippen molar-refractivity contribution in [2.45, 2.75) is 76.4 Å². The Kier molecular flexibility index (Phi) is 12.7. The summed E-state index contributed by atoms with van der Waals surface area (Å²) >= 11 is 7.59. The van der Waals surface area contributed by atoms with E-state index < -0.39 is 5.54 Å². The zero-order valence-electron chi connectivity index (χ0n) is 21.6. The summed E-state index contributed by atoms with van der Waals surface area (Å²) in [6, 6.07) is 8.29. The van der Waals surface area contributed by atoms with Crippen LogP contribution < -0.4 is 21.3 Å². The maximum Gasteiger partial charge on any atom is 0.227 e. The lowest BCUT2D eigenvalue weighted by atomic mass is 9.98. The average Bonchev–Trinajstić information content (AvgIpc) is 2.84. The molecule has 2 aromatic rings. The van der Waals surface area contributed by atoms with E-state index in [4.69, 9.17) is 21.6 Å². The molecule has 8 nitrogen and oxygen atoms in total. The number of hydrogen-bond acceptors (Lipinski definition) is 8. The summed E-state index contributed by atoms with van der Waals surface area (Å²) in [6.45, 7) is 12.8. The molecule has 1 heterocycles. The maximum atomic E-state index is 11.2. The van der Waals surface area contributed by atoms with Gasteiger partial charge in [-0.2, -0.15) is 9.97 Å². The van der Waals surface area contributed by atoms with Gasteiger partial charge in [0.2, 0.25) is 11.9 Å². The number of nitrogens with zero attached hydrogens (tertiary/aromatic N) is 3. The van der Waals surface area contributed by atoms with Crippen molar-refractivity contribution in [2.24, 2.45) is 0 Å². The van der Waals surface area contributed by atoms with Gasteiger partial charge < -0.3 is 21.3 Å². The standard InChI is InChI=1S/C25H40ClN7OS/c1-6-8-18(3)27-13-14-29-23-31-22(25(5,7-2)30-16-15-28-19(4)34)32-24(33-23)35-17-20-9-11-21(26)12-10-20/h9-12,18,27,30H,6-8,13-17H2,1-5H3,(H,28,34)(H,29,31,32,33). The lowest BCUT2D eigenvalue weighted by molar-refractivity contribution is -0.118. The Bertz CT molecular complexity index is 915. The molecule has 0 aliphatic rings. The first-order valence-corrected chi connectivity index (χ1v) is 13.7. The van der Waals surface area contributed by atoms with Crippen LogP contribution in [-0.4, -0.2) is 53.1 Å². The van der Waals surface area contributed by atoms with E-state index >= 15 is 0 Å². The first-order chi connectivity index (χ1) is 16.8. The van der Waals surface area contributed by atoms with Crippen LogP contribution in [0.4, 0.5) is 5.95 Å². The van der Waals surface area contributed by atoms with Gasteiger partial charge in [0.25, 0.3) is 0 Å². The lowest BCUT2D eigenvalue weighted by Gasteiger charge is -2.28. The van der Waals surface area contributed by atoms with Crippen LogP contribution in [0.3, 0.4) is 0 Å². The van der Waals surface area contributed by atoms with E-state index in [9.17, 15) is 4.79 Å². The summed E-state index contributed by atoms with van der Waals surface area (Å²) in [4.78, 5) is 25.5. The van der Waals surface area contributed by atoms with Gasteiger partial charge >= 0.3 is 0 Å². The molecule has 2 rings (SSSR count). The number of rotatable bonds is 16. The summed E-state index contributed by atoms with van der Waals surface area (Å²) in [5, 5.41) is 14.6. The van der Waals surface area contributed by atoms with Crippen LogP contribution in [-0.2, 0) is 16.1 Å². The molecule has 1 amide bonds. The second-order valence-corrected chi connectivity index (χ2v) is 10.2. The highest BCUT2D eigenvalue weighted by Gasteiger charge is 2.28. The number of thioether (sulfide) groups is 1. The van der Waals surface area contributed by atoms with Crippen molar-refractivity contribution in [1.82, 2.24) is 30.9 Å². The minimum Gasteiger partial charge on any atom is -0.355 e. The number of benzene rings is 1.